The van der Waals surface area contributed by atoms with E-state index >= 15 is 0 Å². The van der Waals surface area contributed by atoms with Gasteiger partial charge < -0.3 is 10.5 Å². The molecule has 1 heterocycles. The molecule has 0 bridgehead atoms. The van der Waals surface area contributed by atoms with E-state index < -0.39 is 16.0 Å². The molecule has 0 aliphatic heterocycles. The minimum atomic E-state index is -3.85. The number of hydrogen-bond donors (Lipinski definition) is 2. The number of methoxy groups -OCH3 is 1. The summed E-state index contributed by atoms with van der Waals surface area (Å²) in [4.78, 5) is 15.0. The molecule has 0 aliphatic carbocycles. The van der Waals surface area contributed by atoms with Crippen molar-refractivity contribution >= 4 is 27.4 Å². The molecule has 0 saturated carbocycles. The van der Waals surface area contributed by atoms with Gasteiger partial charge in [0.1, 0.15) is 4.90 Å². The Morgan fingerprint density at radius 3 is 2.48 bits per heavy atom. The lowest BCUT2D eigenvalue weighted by Gasteiger charge is -2.10. The van der Waals surface area contributed by atoms with Crippen molar-refractivity contribution in [3.8, 4) is 0 Å². The van der Waals surface area contributed by atoms with Crippen molar-refractivity contribution in [3.05, 3.63) is 48.3 Å². The lowest BCUT2D eigenvalue weighted by molar-refractivity contribution is 0.0600. The lowest BCUT2D eigenvalue weighted by atomic mass is 10.2. The molecule has 1 aromatic carbocycles. The van der Waals surface area contributed by atoms with Crippen molar-refractivity contribution in [2.24, 2.45) is 0 Å². The van der Waals surface area contributed by atoms with E-state index in [1.165, 1.54) is 49.8 Å². The van der Waals surface area contributed by atoms with E-state index in [4.69, 9.17) is 5.73 Å². The van der Waals surface area contributed by atoms with Crippen LogP contribution in [0.5, 0.6) is 0 Å². The number of sulfonamides is 1. The highest BCUT2D eigenvalue weighted by atomic mass is 32.2. The normalized spacial score (nSPS) is 10.9. The highest BCUT2D eigenvalue weighted by Crippen LogP contribution is 2.22. The quantitative estimate of drug-likeness (QED) is 0.649. The molecule has 0 fully saturated rings. The number of nitrogens with two attached hydrogens (primary N) is 1. The first-order valence-corrected chi connectivity index (χ1v) is 7.33. The van der Waals surface area contributed by atoms with Crippen LogP contribution < -0.4 is 10.5 Å². The average Bonchev–Trinajstić information content (AvgIpc) is 2.46. The molecule has 21 heavy (non-hydrogen) atoms. The summed E-state index contributed by atoms with van der Waals surface area (Å²) in [7, 11) is -2.62. The van der Waals surface area contributed by atoms with E-state index in [-0.39, 0.29) is 16.1 Å². The van der Waals surface area contributed by atoms with Crippen LogP contribution in [0.1, 0.15) is 10.4 Å². The maximum atomic E-state index is 12.2. The zero-order valence-electron chi connectivity index (χ0n) is 11.1. The Bertz CT molecular complexity index is 760. The van der Waals surface area contributed by atoms with Crippen LogP contribution in [0.2, 0.25) is 0 Å². The first-order valence-electron chi connectivity index (χ1n) is 5.85. The molecular weight excluding hydrogens is 294 g/mol. The topological polar surface area (TPSA) is 111 Å². The Hall–Kier alpha value is -2.61. The van der Waals surface area contributed by atoms with Gasteiger partial charge in [-0.15, -0.1) is 0 Å². The summed E-state index contributed by atoms with van der Waals surface area (Å²) < 4.78 is 31.4. The summed E-state index contributed by atoms with van der Waals surface area (Å²) in [6.45, 7) is 0. The van der Waals surface area contributed by atoms with Crippen molar-refractivity contribution in [2.75, 3.05) is 17.6 Å². The van der Waals surface area contributed by atoms with E-state index in [1.54, 1.807) is 0 Å². The van der Waals surface area contributed by atoms with Gasteiger partial charge in [0, 0.05) is 12.4 Å². The number of ether oxygens (including phenoxy) is 1. The molecule has 3 N–H and O–H groups in total. The predicted octanol–water partition coefficient (Wildman–Crippen LogP) is 1.25. The number of benzene rings is 1. The van der Waals surface area contributed by atoms with Gasteiger partial charge in [-0.1, -0.05) is 0 Å². The molecule has 2 rings (SSSR count). The zero-order valence-corrected chi connectivity index (χ0v) is 11.9. The van der Waals surface area contributed by atoms with Crippen LogP contribution in [0.25, 0.3) is 0 Å². The molecule has 0 radical (unpaired) electrons. The molecule has 0 aliphatic rings. The number of carbonyl (C=O) groups is 1. The SMILES string of the molecule is COC(=O)c1ccc(S(=O)(=O)Nc2ccncc2)c(N)c1. The number of carbonyl (C=O) groups excluding carboxylic acids is 1. The number of nitrogens with zero attached hydrogens (tertiary/aromatic N) is 1. The second-order valence-corrected chi connectivity index (χ2v) is 5.74. The van der Waals surface area contributed by atoms with Gasteiger partial charge >= 0.3 is 5.97 Å². The van der Waals surface area contributed by atoms with Gasteiger partial charge in [0.25, 0.3) is 10.0 Å². The van der Waals surface area contributed by atoms with Crippen molar-refractivity contribution in [1.29, 1.82) is 0 Å². The molecular formula is C13H13N3O4S. The van der Waals surface area contributed by atoms with Gasteiger partial charge in [0.05, 0.1) is 24.0 Å². The Morgan fingerprint density at radius 1 is 1.24 bits per heavy atom. The minimum Gasteiger partial charge on any atom is -0.465 e. The van der Waals surface area contributed by atoms with Gasteiger partial charge in [-0.25, -0.2) is 13.2 Å². The minimum absolute atomic E-state index is 0.0422. The Kier molecular flexibility index (Phi) is 4.08. The molecule has 8 heteroatoms. The van der Waals surface area contributed by atoms with E-state index in [0.717, 1.165) is 0 Å². The van der Waals surface area contributed by atoms with Crippen LogP contribution in [0.15, 0.2) is 47.6 Å². The third kappa shape index (κ3) is 3.29. The molecule has 1 aromatic heterocycles. The fraction of sp³-hybridized carbons (Fsp3) is 0.0769. The van der Waals surface area contributed by atoms with E-state index in [0.29, 0.717) is 5.69 Å². The first kappa shape index (κ1) is 14.8. The summed E-state index contributed by atoms with van der Waals surface area (Å²) in [6, 6.07) is 6.87. The van der Waals surface area contributed by atoms with Crippen LogP contribution in [-0.2, 0) is 14.8 Å². The molecule has 110 valence electrons. The van der Waals surface area contributed by atoms with Gasteiger partial charge in [-0.2, -0.15) is 0 Å². The van der Waals surface area contributed by atoms with Crippen LogP contribution >= 0.6 is 0 Å². The van der Waals surface area contributed by atoms with Gasteiger partial charge in [-0.3, -0.25) is 9.71 Å². The van der Waals surface area contributed by atoms with Gasteiger partial charge in [0.2, 0.25) is 0 Å². The molecule has 0 spiro atoms. The number of anilines is 2. The highest BCUT2D eigenvalue weighted by Gasteiger charge is 2.19. The van der Waals surface area contributed by atoms with Crippen LogP contribution in [0.3, 0.4) is 0 Å². The first-order chi connectivity index (χ1) is 9.94. The second kappa shape index (κ2) is 5.80. The van der Waals surface area contributed by atoms with Crippen molar-refractivity contribution in [3.63, 3.8) is 0 Å². The Balaban J connectivity index is 2.35. The van der Waals surface area contributed by atoms with Crippen molar-refractivity contribution in [1.82, 2.24) is 4.98 Å². The summed E-state index contributed by atoms with van der Waals surface area (Å²) in [6.07, 6.45) is 2.92. The number of pyridine rings is 1. The van der Waals surface area contributed by atoms with Gasteiger partial charge in [-0.05, 0) is 30.3 Å². The third-order valence-corrected chi connectivity index (χ3v) is 4.11. The molecule has 0 unspecified atom stereocenters. The fourth-order valence-electron chi connectivity index (χ4n) is 1.67. The van der Waals surface area contributed by atoms with E-state index in [9.17, 15) is 13.2 Å². The van der Waals surface area contributed by atoms with Crippen molar-refractivity contribution < 1.29 is 17.9 Å². The number of esters is 1. The second-order valence-electron chi connectivity index (χ2n) is 4.09. The summed E-state index contributed by atoms with van der Waals surface area (Å²) in [5.41, 5.74) is 6.21. The van der Waals surface area contributed by atoms with Crippen LogP contribution in [-0.4, -0.2) is 26.5 Å². The summed E-state index contributed by atoms with van der Waals surface area (Å²) >= 11 is 0. The number of nitrogens with one attached hydrogen (secondary N) is 1. The Morgan fingerprint density at radius 2 is 1.90 bits per heavy atom. The number of rotatable bonds is 4. The van der Waals surface area contributed by atoms with Crippen LogP contribution in [0, 0.1) is 0 Å². The van der Waals surface area contributed by atoms with Crippen molar-refractivity contribution in [2.45, 2.75) is 4.90 Å². The lowest BCUT2D eigenvalue weighted by Crippen LogP contribution is -2.15. The fourth-order valence-corrected chi connectivity index (χ4v) is 2.84. The molecule has 2 aromatic rings. The molecule has 0 saturated heterocycles. The molecule has 7 nitrogen and oxygen atoms in total. The maximum Gasteiger partial charge on any atom is 0.337 e. The predicted molar refractivity (Wildman–Crippen MR) is 77.2 cm³/mol. The number of nitrogen functional groups attached to an aromatic ring is 1. The smallest absolute Gasteiger partial charge is 0.337 e. The maximum absolute atomic E-state index is 12.2. The molecule has 0 atom stereocenters. The Labute approximate surface area is 121 Å². The summed E-state index contributed by atoms with van der Waals surface area (Å²) in [5, 5.41) is 0. The third-order valence-electron chi connectivity index (χ3n) is 2.65. The number of aromatic nitrogens is 1. The summed E-state index contributed by atoms with van der Waals surface area (Å²) in [5.74, 6) is -0.590. The standard InChI is InChI=1S/C13H13N3O4S/c1-20-13(17)9-2-3-12(11(14)8-9)21(18,19)16-10-4-6-15-7-5-10/h2-8H,14H2,1H3,(H,15,16). The zero-order chi connectivity index (χ0) is 15.5. The van der Waals surface area contributed by atoms with E-state index in [2.05, 4.69) is 14.4 Å². The largest absolute Gasteiger partial charge is 0.465 e. The van der Waals surface area contributed by atoms with Crippen LogP contribution in [0.4, 0.5) is 11.4 Å². The monoisotopic (exact) mass is 307 g/mol. The number of hydrogen-bond acceptors (Lipinski definition) is 6. The average molecular weight is 307 g/mol. The highest BCUT2D eigenvalue weighted by molar-refractivity contribution is 7.92. The molecule has 0 amide bonds. The van der Waals surface area contributed by atoms with E-state index in [1.807, 2.05) is 0 Å². The van der Waals surface area contributed by atoms with Gasteiger partial charge in [0.15, 0.2) is 0 Å².